The molecule has 0 saturated heterocycles. The van der Waals surface area contributed by atoms with Crippen LogP contribution in [0.2, 0.25) is 0 Å². The van der Waals surface area contributed by atoms with Crippen LogP contribution in [0.1, 0.15) is 48.0 Å². The molecule has 2 amide bonds. The Morgan fingerprint density at radius 3 is 2.00 bits per heavy atom. The average Bonchev–Trinajstić information content (AvgIpc) is 2.00. The summed E-state index contributed by atoms with van der Waals surface area (Å²) in [6.07, 6.45) is 0.963. The van der Waals surface area contributed by atoms with E-state index in [1.165, 1.54) is 0 Å². The number of carbonyl (C=O) groups excluding carboxylic acids is 1. The van der Waals surface area contributed by atoms with Crippen molar-refractivity contribution in [2.24, 2.45) is 11.3 Å². The van der Waals surface area contributed by atoms with Crippen LogP contribution < -0.4 is 10.6 Å². The largest absolute Gasteiger partial charge is 0.341 e. The van der Waals surface area contributed by atoms with Crippen LogP contribution in [0, 0.1) is 11.3 Å². The van der Waals surface area contributed by atoms with Crippen LogP contribution >= 0.6 is 0 Å². The lowest BCUT2D eigenvalue weighted by atomic mass is 9.72. The van der Waals surface area contributed by atoms with Gasteiger partial charge in [-0.2, -0.15) is 0 Å². The molecular formula is C12H26N2O. The molecule has 0 atom stereocenters. The number of urea groups is 1. The molecule has 15 heavy (non-hydrogen) atoms. The number of nitrogens with one attached hydrogen (secondary N) is 2. The average molecular weight is 214 g/mol. The van der Waals surface area contributed by atoms with Crippen LogP contribution in [0.15, 0.2) is 0 Å². The van der Waals surface area contributed by atoms with Crippen LogP contribution in [0.25, 0.3) is 0 Å². The van der Waals surface area contributed by atoms with Crippen molar-refractivity contribution in [3.05, 3.63) is 0 Å². The molecular weight excluding hydrogens is 188 g/mol. The second kappa shape index (κ2) is 4.86. The number of amides is 2. The molecule has 3 heteroatoms. The van der Waals surface area contributed by atoms with Crippen molar-refractivity contribution in [3.8, 4) is 0 Å². The molecule has 0 aromatic heterocycles. The van der Waals surface area contributed by atoms with Gasteiger partial charge in [0.05, 0.1) is 0 Å². The standard InChI is InChI=1S/C12H26N2O/c1-9(2)11(3,4)8-12(5,6)14-10(15)13-7/h9H,8H2,1-7H3,(H2,13,14,15). The van der Waals surface area contributed by atoms with Crippen molar-refractivity contribution < 1.29 is 4.79 Å². The Labute approximate surface area is 94.0 Å². The van der Waals surface area contributed by atoms with Gasteiger partial charge in [-0.3, -0.25) is 0 Å². The van der Waals surface area contributed by atoms with Gasteiger partial charge in [0.15, 0.2) is 0 Å². The van der Waals surface area contributed by atoms with E-state index in [1.54, 1.807) is 7.05 Å². The molecule has 0 saturated carbocycles. The molecule has 0 aromatic carbocycles. The predicted octanol–water partition coefficient (Wildman–Crippen LogP) is 2.77. The van der Waals surface area contributed by atoms with E-state index in [4.69, 9.17) is 0 Å². The molecule has 0 aliphatic heterocycles. The van der Waals surface area contributed by atoms with Crippen molar-refractivity contribution in [1.82, 2.24) is 10.6 Å². The lowest BCUT2D eigenvalue weighted by Crippen LogP contribution is -2.50. The van der Waals surface area contributed by atoms with Gasteiger partial charge >= 0.3 is 6.03 Å². The third-order valence-corrected chi connectivity index (χ3v) is 3.14. The number of hydrogen-bond donors (Lipinski definition) is 2. The Morgan fingerprint density at radius 2 is 1.67 bits per heavy atom. The van der Waals surface area contributed by atoms with Gasteiger partial charge < -0.3 is 10.6 Å². The highest BCUT2D eigenvalue weighted by molar-refractivity contribution is 5.74. The number of carbonyl (C=O) groups is 1. The second-order valence-corrected chi connectivity index (χ2v) is 5.91. The minimum Gasteiger partial charge on any atom is -0.341 e. The van der Waals surface area contributed by atoms with Gasteiger partial charge in [0.2, 0.25) is 0 Å². The zero-order valence-electron chi connectivity index (χ0n) is 11.2. The lowest BCUT2D eigenvalue weighted by Gasteiger charge is -2.38. The minimum absolute atomic E-state index is 0.112. The van der Waals surface area contributed by atoms with Crippen molar-refractivity contribution in [2.45, 2.75) is 53.5 Å². The van der Waals surface area contributed by atoms with Crippen LogP contribution in [-0.2, 0) is 0 Å². The van der Waals surface area contributed by atoms with E-state index in [2.05, 4.69) is 52.2 Å². The third-order valence-electron chi connectivity index (χ3n) is 3.14. The summed E-state index contributed by atoms with van der Waals surface area (Å²) < 4.78 is 0. The molecule has 90 valence electrons. The summed E-state index contributed by atoms with van der Waals surface area (Å²) in [6.45, 7) is 13.0. The maximum atomic E-state index is 11.3. The van der Waals surface area contributed by atoms with Crippen molar-refractivity contribution in [1.29, 1.82) is 0 Å². The normalized spacial score (nSPS) is 12.8. The van der Waals surface area contributed by atoms with Gasteiger partial charge in [0.1, 0.15) is 0 Å². The van der Waals surface area contributed by atoms with Crippen LogP contribution in [0.3, 0.4) is 0 Å². The van der Waals surface area contributed by atoms with Gasteiger partial charge in [-0.15, -0.1) is 0 Å². The van der Waals surface area contributed by atoms with E-state index in [1.807, 2.05) is 0 Å². The van der Waals surface area contributed by atoms with Gasteiger partial charge in [-0.25, -0.2) is 4.79 Å². The zero-order valence-corrected chi connectivity index (χ0v) is 11.2. The molecule has 2 N–H and O–H groups in total. The van der Waals surface area contributed by atoms with Crippen molar-refractivity contribution in [3.63, 3.8) is 0 Å². The highest BCUT2D eigenvalue weighted by atomic mass is 16.2. The fraction of sp³-hybridized carbons (Fsp3) is 0.917. The molecule has 0 spiro atoms. The van der Waals surface area contributed by atoms with E-state index in [0.717, 1.165) is 6.42 Å². The molecule has 0 heterocycles. The first-order valence-corrected chi connectivity index (χ1v) is 5.60. The summed E-state index contributed by atoms with van der Waals surface area (Å²) in [5.74, 6) is 0.600. The molecule has 3 nitrogen and oxygen atoms in total. The van der Waals surface area contributed by atoms with E-state index in [-0.39, 0.29) is 17.0 Å². The topological polar surface area (TPSA) is 41.1 Å². The van der Waals surface area contributed by atoms with E-state index in [0.29, 0.717) is 5.92 Å². The Balaban J connectivity index is 4.43. The minimum atomic E-state index is -0.173. The van der Waals surface area contributed by atoms with E-state index < -0.39 is 0 Å². The Morgan fingerprint density at radius 1 is 1.20 bits per heavy atom. The highest BCUT2D eigenvalue weighted by Gasteiger charge is 2.31. The van der Waals surface area contributed by atoms with E-state index in [9.17, 15) is 4.79 Å². The second-order valence-electron chi connectivity index (χ2n) is 5.91. The summed E-state index contributed by atoms with van der Waals surface area (Å²) in [6, 6.07) is -0.112. The third kappa shape index (κ3) is 5.05. The monoisotopic (exact) mass is 214 g/mol. The fourth-order valence-electron chi connectivity index (χ4n) is 1.76. The van der Waals surface area contributed by atoms with E-state index >= 15 is 0 Å². The molecule has 0 rings (SSSR count). The first-order chi connectivity index (χ1) is 6.60. The Bertz CT molecular complexity index is 220. The van der Waals surface area contributed by atoms with Crippen molar-refractivity contribution >= 4 is 6.03 Å². The lowest BCUT2D eigenvalue weighted by molar-refractivity contribution is 0.162. The number of hydrogen-bond acceptors (Lipinski definition) is 1. The maximum Gasteiger partial charge on any atom is 0.314 e. The highest BCUT2D eigenvalue weighted by Crippen LogP contribution is 2.34. The summed E-state index contributed by atoms with van der Waals surface area (Å²) in [7, 11) is 1.64. The molecule has 0 radical (unpaired) electrons. The van der Waals surface area contributed by atoms with Gasteiger partial charge in [-0.1, -0.05) is 27.7 Å². The molecule has 0 aromatic rings. The Hall–Kier alpha value is -0.730. The number of rotatable bonds is 4. The van der Waals surface area contributed by atoms with Crippen molar-refractivity contribution in [2.75, 3.05) is 7.05 Å². The van der Waals surface area contributed by atoms with Crippen LogP contribution in [-0.4, -0.2) is 18.6 Å². The van der Waals surface area contributed by atoms with Crippen LogP contribution in [0.4, 0.5) is 4.79 Å². The quantitative estimate of drug-likeness (QED) is 0.742. The predicted molar refractivity (Wildman–Crippen MR) is 64.9 cm³/mol. The summed E-state index contributed by atoms with van der Waals surface area (Å²) in [5.41, 5.74) is 0.0540. The SMILES string of the molecule is CNC(=O)NC(C)(C)CC(C)(C)C(C)C. The van der Waals surface area contributed by atoms with Gasteiger partial charge in [-0.05, 0) is 31.6 Å². The first kappa shape index (κ1) is 14.3. The summed E-state index contributed by atoms with van der Waals surface area (Å²) in [4.78, 5) is 11.3. The molecule has 0 bridgehead atoms. The Kier molecular flexibility index (Phi) is 4.63. The smallest absolute Gasteiger partial charge is 0.314 e. The molecule has 0 fully saturated rings. The van der Waals surface area contributed by atoms with Crippen LogP contribution in [0.5, 0.6) is 0 Å². The molecule has 0 aliphatic carbocycles. The van der Waals surface area contributed by atoms with Gasteiger partial charge in [0, 0.05) is 12.6 Å². The fourth-order valence-corrected chi connectivity index (χ4v) is 1.76. The summed E-state index contributed by atoms with van der Waals surface area (Å²) in [5, 5.41) is 5.55. The molecule has 0 aliphatic rings. The molecule has 0 unspecified atom stereocenters. The zero-order chi connectivity index (χ0) is 12.3. The summed E-state index contributed by atoms with van der Waals surface area (Å²) >= 11 is 0. The van der Waals surface area contributed by atoms with Gasteiger partial charge in [0.25, 0.3) is 0 Å². The first-order valence-electron chi connectivity index (χ1n) is 5.60. The maximum absolute atomic E-state index is 11.3.